The number of anilines is 1. The van der Waals surface area contributed by atoms with Crippen LogP contribution in [0.3, 0.4) is 0 Å². The first-order valence-electron chi connectivity index (χ1n) is 6.81. The third-order valence-electron chi connectivity index (χ3n) is 3.87. The first-order chi connectivity index (χ1) is 9.70. The maximum atomic E-state index is 9.00. The van der Waals surface area contributed by atoms with Crippen molar-refractivity contribution < 1.29 is 5.21 Å². The lowest BCUT2D eigenvalue weighted by atomic mass is 10.1. The van der Waals surface area contributed by atoms with Crippen molar-refractivity contribution >= 4 is 22.4 Å². The van der Waals surface area contributed by atoms with Crippen LogP contribution >= 0.6 is 0 Å². The molecule has 0 radical (unpaired) electrons. The number of hydrogen-bond donors (Lipinski definition) is 2. The molecule has 1 unspecified atom stereocenters. The maximum Gasteiger partial charge on any atom is 0.173 e. The molecule has 1 aromatic carbocycles. The molecule has 104 valence electrons. The predicted octanol–water partition coefficient (Wildman–Crippen LogP) is 2.18. The lowest BCUT2D eigenvalue weighted by molar-refractivity contribution is 0.318. The highest BCUT2D eigenvalue weighted by Gasteiger charge is 2.24. The van der Waals surface area contributed by atoms with Gasteiger partial charge in [-0.25, -0.2) is 0 Å². The molecule has 20 heavy (non-hydrogen) atoms. The van der Waals surface area contributed by atoms with Crippen molar-refractivity contribution in [3.8, 4) is 0 Å². The van der Waals surface area contributed by atoms with Crippen LogP contribution in [0.5, 0.6) is 0 Å². The summed E-state index contributed by atoms with van der Waals surface area (Å²) in [6, 6.07) is 7.97. The number of para-hydroxylation sites is 1. The van der Waals surface area contributed by atoms with Gasteiger partial charge in [0.05, 0.1) is 16.8 Å². The molecule has 2 aromatic rings. The minimum atomic E-state index is 0.109. The van der Waals surface area contributed by atoms with Gasteiger partial charge >= 0.3 is 0 Å². The smallest absolute Gasteiger partial charge is 0.173 e. The van der Waals surface area contributed by atoms with E-state index < -0.39 is 0 Å². The van der Waals surface area contributed by atoms with Crippen LogP contribution in [-0.2, 0) is 0 Å². The van der Waals surface area contributed by atoms with Gasteiger partial charge in [0.2, 0.25) is 0 Å². The summed E-state index contributed by atoms with van der Waals surface area (Å²) in [6.07, 6.45) is 2.85. The molecule has 1 saturated heterocycles. The van der Waals surface area contributed by atoms with Gasteiger partial charge in [-0.3, -0.25) is 4.98 Å². The minimum Gasteiger partial charge on any atom is -0.409 e. The predicted molar refractivity (Wildman–Crippen MR) is 80.2 cm³/mol. The number of amidine groups is 1. The van der Waals surface area contributed by atoms with Crippen LogP contribution in [0.15, 0.2) is 35.6 Å². The van der Waals surface area contributed by atoms with Crippen LogP contribution in [0.1, 0.15) is 18.9 Å². The Balaban J connectivity index is 2.23. The molecule has 0 saturated carbocycles. The van der Waals surface area contributed by atoms with E-state index in [2.05, 4.69) is 22.0 Å². The number of fused-ring (bicyclic) bond motifs is 1. The number of oxime groups is 1. The van der Waals surface area contributed by atoms with E-state index in [0.717, 1.165) is 36.1 Å². The van der Waals surface area contributed by atoms with Crippen molar-refractivity contribution in [2.45, 2.75) is 13.3 Å². The van der Waals surface area contributed by atoms with Gasteiger partial charge in [0.15, 0.2) is 5.84 Å². The van der Waals surface area contributed by atoms with Crippen LogP contribution < -0.4 is 10.6 Å². The quantitative estimate of drug-likeness (QED) is 0.379. The monoisotopic (exact) mass is 270 g/mol. The van der Waals surface area contributed by atoms with E-state index in [1.54, 1.807) is 6.20 Å². The molecule has 0 aliphatic carbocycles. The third kappa shape index (κ3) is 2.05. The molecule has 0 bridgehead atoms. The number of nitrogens with two attached hydrogens (primary N) is 1. The van der Waals surface area contributed by atoms with Crippen LogP contribution in [0.25, 0.3) is 10.9 Å². The fourth-order valence-corrected chi connectivity index (χ4v) is 2.85. The van der Waals surface area contributed by atoms with Crippen LogP contribution in [-0.4, -0.2) is 29.1 Å². The summed E-state index contributed by atoms with van der Waals surface area (Å²) >= 11 is 0. The lowest BCUT2D eigenvalue weighted by Crippen LogP contribution is -2.25. The molecular weight excluding hydrogens is 252 g/mol. The molecule has 1 aliphatic heterocycles. The number of pyridine rings is 1. The summed E-state index contributed by atoms with van der Waals surface area (Å²) in [4.78, 5) is 6.71. The molecule has 3 N–H and O–H groups in total. The summed E-state index contributed by atoms with van der Waals surface area (Å²) in [6.45, 7) is 4.22. The summed E-state index contributed by atoms with van der Waals surface area (Å²) in [5.74, 6) is 0.764. The van der Waals surface area contributed by atoms with E-state index in [9.17, 15) is 0 Å². The van der Waals surface area contributed by atoms with Gasteiger partial charge in [-0.1, -0.05) is 30.3 Å². The zero-order chi connectivity index (χ0) is 14.1. The standard InChI is InChI=1S/C15H18N4O/c1-10-6-7-19(9-10)14-11-4-2-3-5-13(11)17-8-12(14)15(16)18-20/h2-5,8,10,20H,6-7,9H2,1H3,(H2,16,18). The summed E-state index contributed by atoms with van der Waals surface area (Å²) in [7, 11) is 0. The van der Waals surface area contributed by atoms with E-state index in [1.165, 1.54) is 0 Å². The van der Waals surface area contributed by atoms with Crippen molar-refractivity contribution in [2.24, 2.45) is 16.8 Å². The second kappa shape index (κ2) is 5.00. The Morgan fingerprint density at radius 1 is 1.45 bits per heavy atom. The summed E-state index contributed by atoms with van der Waals surface area (Å²) in [5.41, 5.74) is 8.47. The second-order valence-corrected chi connectivity index (χ2v) is 5.36. The van der Waals surface area contributed by atoms with Crippen molar-refractivity contribution in [3.63, 3.8) is 0 Å². The zero-order valence-electron chi connectivity index (χ0n) is 11.5. The molecule has 3 rings (SSSR count). The Hall–Kier alpha value is -2.30. The van der Waals surface area contributed by atoms with Crippen molar-refractivity contribution in [1.82, 2.24) is 4.98 Å². The highest BCUT2D eigenvalue weighted by atomic mass is 16.4. The lowest BCUT2D eigenvalue weighted by Gasteiger charge is -2.23. The normalized spacial score (nSPS) is 19.8. The molecule has 1 aromatic heterocycles. The number of rotatable bonds is 2. The van der Waals surface area contributed by atoms with Gasteiger partial charge in [-0.2, -0.15) is 0 Å². The fraction of sp³-hybridized carbons (Fsp3) is 0.333. The molecule has 5 heteroatoms. The SMILES string of the molecule is CC1CCN(c2c(C(N)=NO)cnc3ccccc23)C1. The minimum absolute atomic E-state index is 0.109. The molecule has 1 fully saturated rings. The van der Waals surface area contributed by atoms with Gasteiger partial charge in [0.1, 0.15) is 0 Å². The fourth-order valence-electron chi connectivity index (χ4n) is 2.85. The van der Waals surface area contributed by atoms with Gasteiger partial charge in [0.25, 0.3) is 0 Å². The number of hydrogen-bond acceptors (Lipinski definition) is 4. The van der Waals surface area contributed by atoms with Crippen LogP contribution in [0.4, 0.5) is 5.69 Å². The Bertz CT molecular complexity index is 668. The van der Waals surface area contributed by atoms with E-state index in [4.69, 9.17) is 10.9 Å². The summed E-state index contributed by atoms with van der Waals surface area (Å²) in [5, 5.41) is 13.2. The number of nitrogens with zero attached hydrogens (tertiary/aromatic N) is 3. The Morgan fingerprint density at radius 3 is 2.95 bits per heavy atom. The maximum absolute atomic E-state index is 9.00. The average molecular weight is 270 g/mol. The Kier molecular flexibility index (Phi) is 3.18. The van der Waals surface area contributed by atoms with Crippen molar-refractivity contribution in [3.05, 3.63) is 36.0 Å². The third-order valence-corrected chi connectivity index (χ3v) is 3.87. The van der Waals surface area contributed by atoms with Gasteiger partial charge in [-0.05, 0) is 18.4 Å². The summed E-state index contributed by atoms with van der Waals surface area (Å²) < 4.78 is 0. The molecule has 1 atom stereocenters. The first-order valence-corrected chi connectivity index (χ1v) is 6.81. The van der Waals surface area contributed by atoms with E-state index in [1.807, 2.05) is 24.3 Å². The highest BCUT2D eigenvalue weighted by Crippen LogP contribution is 2.33. The molecule has 1 aliphatic rings. The molecular formula is C15H18N4O. The molecule has 0 amide bonds. The topological polar surface area (TPSA) is 74.7 Å². The van der Waals surface area contributed by atoms with E-state index in [-0.39, 0.29) is 5.84 Å². The van der Waals surface area contributed by atoms with Gasteiger partial charge in [-0.15, -0.1) is 0 Å². The number of benzene rings is 1. The van der Waals surface area contributed by atoms with E-state index >= 15 is 0 Å². The zero-order valence-corrected chi connectivity index (χ0v) is 11.5. The first kappa shape index (κ1) is 12.7. The van der Waals surface area contributed by atoms with Gasteiger partial charge < -0.3 is 15.8 Å². The largest absolute Gasteiger partial charge is 0.409 e. The van der Waals surface area contributed by atoms with E-state index in [0.29, 0.717) is 11.5 Å². The van der Waals surface area contributed by atoms with Crippen LogP contribution in [0.2, 0.25) is 0 Å². The molecule has 0 spiro atoms. The Morgan fingerprint density at radius 2 is 2.25 bits per heavy atom. The molecule has 5 nitrogen and oxygen atoms in total. The highest BCUT2D eigenvalue weighted by molar-refractivity contribution is 6.08. The van der Waals surface area contributed by atoms with Crippen LogP contribution in [0, 0.1) is 5.92 Å². The number of aromatic nitrogens is 1. The molecule has 2 heterocycles. The second-order valence-electron chi connectivity index (χ2n) is 5.36. The van der Waals surface area contributed by atoms with Gasteiger partial charge in [0, 0.05) is 24.7 Å². The Labute approximate surface area is 117 Å². The van der Waals surface area contributed by atoms with Crippen molar-refractivity contribution in [1.29, 1.82) is 0 Å². The van der Waals surface area contributed by atoms with Crippen molar-refractivity contribution in [2.75, 3.05) is 18.0 Å². The average Bonchev–Trinajstić information content (AvgIpc) is 2.91.